The molecule has 0 aromatic heterocycles. The Morgan fingerprint density at radius 3 is 2.76 bits per heavy atom. The van der Waals surface area contributed by atoms with Crippen LogP contribution in [0.4, 0.5) is 0 Å². The SMILES string of the molecule is COCc1ccccc1C1OCCCC1CNC(C)(C)C. The van der Waals surface area contributed by atoms with Gasteiger partial charge in [0.1, 0.15) is 0 Å². The van der Waals surface area contributed by atoms with Crippen LogP contribution >= 0.6 is 0 Å². The number of hydrogen-bond donors (Lipinski definition) is 1. The predicted octanol–water partition coefficient (Wildman–Crippen LogP) is 3.69. The summed E-state index contributed by atoms with van der Waals surface area (Å²) in [5, 5.41) is 3.63. The molecule has 0 saturated carbocycles. The third-order valence-electron chi connectivity index (χ3n) is 4.00. The summed E-state index contributed by atoms with van der Waals surface area (Å²) in [7, 11) is 1.75. The van der Waals surface area contributed by atoms with E-state index in [-0.39, 0.29) is 11.6 Å². The molecular weight excluding hydrogens is 262 g/mol. The zero-order valence-electron chi connectivity index (χ0n) is 13.8. The fourth-order valence-corrected chi connectivity index (χ4v) is 2.93. The lowest BCUT2D eigenvalue weighted by Crippen LogP contribution is -2.41. The van der Waals surface area contributed by atoms with E-state index in [1.54, 1.807) is 7.11 Å². The summed E-state index contributed by atoms with van der Waals surface area (Å²) in [6.45, 7) is 9.14. The fraction of sp³-hybridized carbons (Fsp3) is 0.667. The van der Waals surface area contributed by atoms with Crippen molar-refractivity contribution < 1.29 is 9.47 Å². The summed E-state index contributed by atoms with van der Waals surface area (Å²) in [6, 6.07) is 8.50. The zero-order chi connectivity index (χ0) is 15.3. The summed E-state index contributed by atoms with van der Waals surface area (Å²) >= 11 is 0. The molecule has 2 atom stereocenters. The molecule has 118 valence electrons. The van der Waals surface area contributed by atoms with Crippen LogP contribution in [-0.4, -0.2) is 25.8 Å². The van der Waals surface area contributed by atoms with Crippen molar-refractivity contribution >= 4 is 0 Å². The summed E-state index contributed by atoms with van der Waals surface area (Å²) in [4.78, 5) is 0. The van der Waals surface area contributed by atoms with Crippen LogP contribution in [0.25, 0.3) is 0 Å². The lowest BCUT2D eigenvalue weighted by atomic mass is 9.87. The van der Waals surface area contributed by atoms with Crippen molar-refractivity contribution in [2.24, 2.45) is 5.92 Å². The summed E-state index contributed by atoms with van der Waals surface area (Å²) in [6.07, 6.45) is 2.55. The van der Waals surface area contributed by atoms with Crippen LogP contribution in [0.5, 0.6) is 0 Å². The van der Waals surface area contributed by atoms with E-state index in [4.69, 9.17) is 9.47 Å². The number of methoxy groups -OCH3 is 1. The van der Waals surface area contributed by atoms with Crippen LogP contribution in [0.3, 0.4) is 0 Å². The Labute approximate surface area is 129 Å². The molecule has 1 aromatic carbocycles. The maximum absolute atomic E-state index is 6.13. The summed E-state index contributed by atoms with van der Waals surface area (Å²) in [5.41, 5.74) is 2.68. The van der Waals surface area contributed by atoms with Gasteiger partial charge >= 0.3 is 0 Å². The molecule has 0 aliphatic carbocycles. The average molecular weight is 291 g/mol. The highest BCUT2D eigenvalue weighted by Crippen LogP contribution is 2.35. The number of hydrogen-bond acceptors (Lipinski definition) is 3. The van der Waals surface area contributed by atoms with Gasteiger partial charge in [0.05, 0.1) is 12.7 Å². The van der Waals surface area contributed by atoms with Gasteiger partial charge in [0, 0.05) is 31.7 Å². The van der Waals surface area contributed by atoms with E-state index < -0.39 is 0 Å². The Kier molecular flexibility index (Phi) is 5.80. The van der Waals surface area contributed by atoms with E-state index in [9.17, 15) is 0 Å². The Morgan fingerprint density at radius 1 is 1.29 bits per heavy atom. The quantitative estimate of drug-likeness (QED) is 0.897. The van der Waals surface area contributed by atoms with Crippen LogP contribution in [0.2, 0.25) is 0 Å². The molecule has 1 aromatic rings. The van der Waals surface area contributed by atoms with Gasteiger partial charge in [-0.25, -0.2) is 0 Å². The highest BCUT2D eigenvalue weighted by atomic mass is 16.5. The molecule has 1 aliphatic rings. The standard InChI is InChI=1S/C18H29NO2/c1-18(2,3)19-12-14-9-7-11-21-17(14)16-10-6-5-8-15(16)13-20-4/h5-6,8,10,14,17,19H,7,9,11-13H2,1-4H3. The molecule has 1 aliphatic heterocycles. The average Bonchev–Trinajstić information content (AvgIpc) is 2.46. The first-order valence-corrected chi connectivity index (χ1v) is 7.94. The molecule has 21 heavy (non-hydrogen) atoms. The van der Waals surface area contributed by atoms with Gasteiger partial charge in [0.2, 0.25) is 0 Å². The largest absolute Gasteiger partial charge is 0.380 e. The van der Waals surface area contributed by atoms with Gasteiger partial charge in [-0.2, -0.15) is 0 Å². The molecule has 2 unspecified atom stereocenters. The molecule has 1 N–H and O–H groups in total. The van der Waals surface area contributed by atoms with Gasteiger partial charge in [0.15, 0.2) is 0 Å². The molecule has 0 spiro atoms. The minimum Gasteiger partial charge on any atom is -0.380 e. The lowest BCUT2D eigenvalue weighted by molar-refractivity contribution is -0.0304. The van der Waals surface area contributed by atoms with Crippen LogP contribution in [-0.2, 0) is 16.1 Å². The molecule has 3 nitrogen and oxygen atoms in total. The number of ether oxygens (including phenoxy) is 2. The summed E-state index contributed by atoms with van der Waals surface area (Å²) < 4.78 is 11.5. The molecule has 0 amide bonds. The number of nitrogens with one attached hydrogen (secondary N) is 1. The minimum atomic E-state index is 0.147. The Balaban J connectivity index is 2.14. The fourth-order valence-electron chi connectivity index (χ4n) is 2.93. The molecule has 0 radical (unpaired) electrons. The molecule has 1 saturated heterocycles. The second kappa shape index (κ2) is 7.39. The molecule has 0 bridgehead atoms. The smallest absolute Gasteiger partial charge is 0.0868 e. The highest BCUT2D eigenvalue weighted by molar-refractivity contribution is 5.29. The van der Waals surface area contributed by atoms with E-state index >= 15 is 0 Å². The Bertz CT molecular complexity index is 439. The first-order chi connectivity index (χ1) is 10.0. The Hall–Kier alpha value is -0.900. The predicted molar refractivity (Wildman–Crippen MR) is 86.3 cm³/mol. The van der Waals surface area contributed by atoms with Crippen molar-refractivity contribution in [2.75, 3.05) is 20.3 Å². The van der Waals surface area contributed by atoms with Crippen molar-refractivity contribution in [3.8, 4) is 0 Å². The van der Waals surface area contributed by atoms with Crippen LogP contribution in [0.15, 0.2) is 24.3 Å². The van der Waals surface area contributed by atoms with Gasteiger partial charge in [0.25, 0.3) is 0 Å². The third kappa shape index (κ3) is 4.80. The number of benzene rings is 1. The molecule has 1 heterocycles. The second-order valence-electron chi connectivity index (χ2n) is 6.96. The van der Waals surface area contributed by atoms with Gasteiger partial charge < -0.3 is 14.8 Å². The van der Waals surface area contributed by atoms with E-state index in [0.717, 1.165) is 19.6 Å². The van der Waals surface area contributed by atoms with Crippen molar-refractivity contribution in [3.05, 3.63) is 35.4 Å². The Morgan fingerprint density at radius 2 is 2.05 bits per heavy atom. The minimum absolute atomic E-state index is 0.147. The van der Waals surface area contributed by atoms with Gasteiger partial charge in [-0.15, -0.1) is 0 Å². The van der Waals surface area contributed by atoms with E-state index in [0.29, 0.717) is 12.5 Å². The van der Waals surface area contributed by atoms with Crippen molar-refractivity contribution in [3.63, 3.8) is 0 Å². The van der Waals surface area contributed by atoms with Gasteiger partial charge in [-0.3, -0.25) is 0 Å². The lowest BCUT2D eigenvalue weighted by Gasteiger charge is -2.35. The van der Waals surface area contributed by atoms with Gasteiger partial charge in [-0.1, -0.05) is 24.3 Å². The molecule has 2 rings (SSSR count). The highest BCUT2D eigenvalue weighted by Gasteiger charge is 2.29. The van der Waals surface area contributed by atoms with E-state index in [2.05, 4.69) is 50.4 Å². The van der Waals surface area contributed by atoms with Crippen LogP contribution in [0.1, 0.15) is 50.8 Å². The van der Waals surface area contributed by atoms with E-state index in [1.165, 1.54) is 17.5 Å². The number of rotatable bonds is 5. The normalized spacial score (nSPS) is 23.2. The first kappa shape index (κ1) is 16.5. The maximum Gasteiger partial charge on any atom is 0.0868 e. The van der Waals surface area contributed by atoms with Crippen molar-refractivity contribution in [1.82, 2.24) is 5.32 Å². The van der Waals surface area contributed by atoms with Crippen molar-refractivity contribution in [1.29, 1.82) is 0 Å². The zero-order valence-corrected chi connectivity index (χ0v) is 13.8. The first-order valence-electron chi connectivity index (χ1n) is 7.94. The van der Waals surface area contributed by atoms with Gasteiger partial charge in [-0.05, 0) is 44.7 Å². The monoisotopic (exact) mass is 291 g/mol. The van der Waals surface area contributed by atoms with Crippen LogP contribution in [0, 0.1) is 5.92 Å². The summed E-state index contributed by atoms with van der Waals surface area (Å²) in [5.74, 6) is 0.524. The molecule has 1 fully saturated rings. The topological polar surface area (TPSA) is 30.5 Å². The molecule has 3 heteroatoms. The van der Waals surface area contributed by atoms with Crippen molar-refractivity contribution in [2.45, 2.75) is 51.9 Å². The second-order valence-corrected chi connectivity index (χ2v) is 6.96. The maximum atomic E-state index is 6.13. The third-order valence-corrected chi connectivity index (χ3v) is 4.00. The van der Waals surface area contributed by atoms with Crippen LogP contribution < -0.4 is 5.32 Å². The molecular formula is C18H29NO2. The van der Waals surface area contributed by atoms with E-state index in [1.807, 2.05) is 0 Å².